The largest absolute Gasteiger partial charge is 0.465 e. The molecular weight excluding hydrogens is 244 g/mol. The molecule has 0 heterocycles. The molecule has 0 N–H and O–H groups in total. The molecule has 1 aromatic rings. The van der Waals surface area contributed by atoms with Gasteiger partial charge in [-0.1, -0.05) is 38.1 Å². The fourth-order valence-corrected chi connectivity index (χ4v) is 1.97. The molecule has 0 spiro atoms. The average molecular weight is 266 g/mol. The normalized spacial score (nSPS) is 10.7. The quantitative estimate of drug-likeness (QED) is 0.559. The Balaban J connectivity index is 2.40. The number of rotatable bonds is 7. The van der Waals surface area contributed by atoms with Gasteiger partial charge in [0.25, 0.3) is 0 Å². The summed E-state index contributed by atoms with van der Waals surface area (Å²) in [4.78, 5) is 11.5. The minimum atomic E-state index is -0.138. The Labute approximate surface area is 114 Å². The number of benzene rings is 1. The maximum Gasteiger partial charge on any atom is 0.310 e. The van der Waals surface area contributed by atoms with E-state index < -0.39 is 0 Å². The van der Waals surface area contributed by atoms with E-state index in [-0.39, 0.29) is 5.97 Å². The first-order valence-electron chi connectivity index (χ1n) is 6.34. The van der Waals surface area contributed by atoms with Crippen molar-refractivity contribution >= 4 is 17.7 Å². The molecule has 0 aromatic heterocycles. The van der Waals surface area contributed by atoms with Gasteiger partial charge in [-0.2, -0.15) is 11.8 Å². The Morgan fingerprint density at radius 1 is 1.22 bits per heavy atom. The zero-order valence-corrected chi connectivity index (χ0v) is 12.3. The Kier molecular flexibility index (Phi) is 6.88. The maximum absolute atomic E-state index is 11.5. The Hall–Kier alpha value is -0.960. The van der Waals surface area contributed by atoms with Gasteiger partial charge in [0.15, 0.2) is 0 Å². The molecule has 0 aliphatic rings. The lowest BCUT2D eigenvalue weighted by molar-refractivity contribution is -0.142. The van der Waals surface area contributed by atoms with Crippen LogP contribution >= 0.6 is 11.8 Å². The van der Waals surface area contributed by atoms with E-state index in [1.54, 1.807) is 11.8 Å². The van der Waals surface area contributed by atoms with Crippen LogP contribution in [0.15, 0.2) is 24.3 Å². The molecule has 0 saturated carbocycles. The molecule has 0 bridgehead atoms. The van der Waals surface area contributed by atoms with E-state index in [1.807, 2.05) is 18.4 Å². The lowest BCUT2D eigenvalue weighted by Gasteiger charge is -2.07. The Morgan fingerprint density at radius 3 is 2.39 bits per heavy atom. The molecule has 2 nitrogen and oxygen atoms in total. The number of hydrogen-bond acceptors (Lipinski definition) is 3. The first-order chi connectivity index (χ1) is 8.61. The van der Waals surface area contributed by atoms with Gasteiger partial charge in [0, 0.05) is 5.75 Å². The van der Waals surface area contributed by atoms with Crippen LogP contribution in [0.5, 0.6) is 0 Å². The van der Waals surface area contributed by atoms with Crippen molar-refractivity contribution in [3.8, 4) is 0 Å². The van der Waals surface area contributed by atoms with Gasteiger partial charge in [-0.25, -0.2) is 0 Å². The second-order valence-corrected chi connectivity index (χ2v) is 5.79. The molecule has 0 amide bonds. The van der Waals surface area contributed by atoms with Crippen LogP contribution in [0.1, 0.15) is 25.0 Å². The molecule has 0 aliphatic heterocycles. The minimum absolute atomic E-state index is 0.138. The van der Waals surface area contributed by atoms with Crippen LogP contribution in [0.25, 0.3) is 0 Å². The van der Waals surface area contributed by atoms with E-state index in [2.05, 4.69) is 26.0 Å². The monoisotopic (exact) mass is 266 g/mol. The number of carbonyl (C=O) groups excluding carboxylic acids is 1. The third-order valence-corrected chi connectivity index (χ3v) is 3.14. The minimum Gasteiger partial charge on any atom is -0.465 e. The van der Waals surface area contributed by atoms with Crippen LogP contribution in [-0.4, -0.2) is 24.6 Å². The van der Waals surface area contributed by atoms with E-state index in [1.165, 1.54) is 5.56 Å². The molecular formula is C15H22O2S. The van der Waals surface area contributed by atoms with Gasteiger partial charge in [-0.3, -0.25) is 4.79 Å². The standard InChI is InChI=1S/C15H22O2S/c1-12(2)10-13-4-6-14(7-5-13)11-15(16)17-8-9-18-3/h4-7,12H,8-11H2,1-3H3. The van der Waals surface area contributed by atoms with Gasteiger partial charge in [0.1, 0.15) is 6.61 Å². The lowest BCUT2D eigenvalue weighted by atomic mass is 10.0. The summed E-state index contributed by atoms with van der Waals surface area (Å²) in [6, 6.07) is 8.25. The fourth-order valence-electron chi connectivity index (χ4n) is 1.72. The van der Waals surface area contributed by atoms with Gasteiger partial charge < -0.3 is 4.74 Å². The van der Waals surface area contributed by atoms with Crippen molar-refractivity contribution in [2.45, 2.75) is 26.7 Å². The third-order valence-electron chi connectivity index (χ3n) is 2.57. The van der Waals surface area contributed by atoms with Gasteiger partial charge in [-0.05, 0) is 29.7 Å². The number of hydrogen-bond donors (Lipinski definition) is 0. The van der Waals surface area contributed by atoms with Crippen LogP contribution in [0.3, 0.4) is 0 Å². The number of carbonyl (C=O) groups is 1. The lowest BCUT2D eigenvalue weighted by Crippen LogP contribution is -2.10. The SMILES string of the molecule is CSCCOC(=O)Cc1ccc(CC(C)C)cc1. The zero-order chi connectivity index (χ0) is 13.4. The van der Waals surface area contributed by atoms with Crippen LogP contribution in [0.2, 0.25) is 0 Å². The summed E-state index contributed by atoms with van der Waals surface area (Å²) in [6.07, 6.45) is 3.45. The number of ether oxygens (including phenoxy) is 1. The van der Waals surface area contributed by atoms with E-state index >= 15 is 0 Å². The van der Waals surface area contributed by atoms with Crippen molar-refractivity contribution in [2.24, 2.45) is 5.92 Å². The predicted octanol–water partition coefficient (Wildman–Crippen LogP) is 3.33. The Morgan fingerprint density at radius 2 is 1.83 bits per heavy atom. The highest BCUT2D eigenvalue weighted by molar-refractivity contribution is 7.98. The van der Waals surface area contributed by atoms with Crippen LogP contribution in [0.4, 0.5) is 0 Å². The molecule has 18 heavy (non-hydrogen) atoms. The summed E-state index contributed by atoms with van der Waals surface area (Å²) in [5.41, 5.74) is 2.35. The first-order valence-corrected chi connectivity index (χ1v) is 7.73. The van der Waals surface area contributed by atoms with Gasteiger partial charge in [0.05, 0.1) is 6.42 Å². The van der Waals surface area contributed by atoms with Crippen molar-refractivity contribution in [3.63, 3.8) is 0 Å². The molecule has 1 aromatic carbocycles. The summed E-state index contributed by atoms with van der Waals surface area (Å²) in [5, 5.41) is 0. The molecule has 1 rings (SSSR count). The summed E-state index contributed by atoms with van der Waals surface area (Å²) >= 11 is 1.68. The molecule has 0 atom stereocenters. The molecule has 0 radical (unpaired) electrons. The van der Waals surface area contributed by atoms with Crippen molar-refractivity contribution in [1.29, 1.82) is 0 Å². The fraction of sp³-hybridized carbons (Fsp3) is 0.533. The molecule has 100 valence electrons. The Bertz CT molecular complexity index is 357. The summed E-state index contributed by atoms with van der Waals surface area (Å²) in [7, 11) is 0. The van der Waals surface area contributed by atoms with Crippen LogP contribution in [0, 0.1) is 5.92 Å². The van der Waals surface area contributed by atoms with E-state index in [0.29, 0.717) is 18.9 Å². The highest BCUT2D eigenvalue weighted by Gasteiger charge is 2.05. The van der Waals surface area contributed by atoms with Gasteiger partial charge in [0.2, 0.25) is 0 Å². The van der Waals surface area contributed by atoms with Crippen molar-refractivity contribution in [2.75, 3.05) is 18.6 Å². The summed E-state index contributed by atoms with van der Waals surface area (Å²) in [5.74, 6) is 1.38. The van der Waals surface area contributed by atoms with E-state index in [9.17, 15) is 4.79 Å². The molecule has 0 unspecified atom stereocenters. The smallest absolute Gasteiger partial charge is 0.310 e. The van der Waals surface area contributed by atoms with Crippen molar-refractivity contribution in [1.82, 2.24) is 0 Å². The van der Waals surface area contributed by atoms with E-state index in [0.717, 1.165) is 17.7 Å². The molecule has 3 heteroatoms. The third kappa shape index (κ3) is 6.10. The van der Waals surface area contributed by atoms with Crippen LogP contribution < -0.4 is 0 Å². The predicted molar refractivity (Wildman–Crippen MR) is 78.0 cm³/mol. The van der Waals surface area contributed by atoms with Crippen molar-refractivity contribution < 1.29 is 9.53 Å². The highest BCUT2D eigenvalue weighted by Crippen LogP contribution is 2.10. The van der Waals surface area contributed by atoms with E-state index in [4.69, 9.17) is 4.74 Å². The van der Waals surface area contributed by atoms with Gasteiger partial charge in [-0.15, -0.1) is 0 Å². The first kappa shape index (κ1) is 15.1. The number of thioether (sulfide) groups is 1. The zero-order valence-electron chi connectivity index (χ0n) is 11.4. The summed E-state index contributed by atoms with van der Waals surface area (Å²) in [6.45, 7) is 4.92. The maximum atomic E-state index is 11.5. The van der Waals surface area contributed by atoms with Crippen molar-refractivity contribution in [3.05, 3.63) is 35.4 Å². The summed E-state index contributed by atoms with van der Waals surface area (Å²) < 4.78 is 5.12. The van der Waals surface area contributed by atoms with Gasteiger partial charge >= 0.3 is 5.97 Å². The molecule has 0 saturated heterocycles. The average Bonchev–Trinajstić information content (AvgIpc) is 2.31. The second kappa shape index (κ2) is 8.20. The molecule has 0 aliphatic carbocycles. The second-order valence-electron chi connectivity index (χ2n) is 4.80. The van der Waals surface area contributed by atoms with Crippen LogP contribution in [-0.2, 0) is 22.4 Å². The topological polar surface area (TPSA) is 26.3 Å². The highest BCUT2D eigenvalue weighted by atomic mass is 32.2. The number of esters is 1. The molecule has 0 fully saturated rings.